The summed E-state index contributed by atoms with van der Waals surface area (Å²) < 4.78 is 10.4. The zero-order valence-corrected chi connectivity index (χ0v) is 14.0. The second-order valence-electron chi connectivity index (χ2n) is 5.28. The van der Waals surface area contributed by atoms with Crippen LogP contribution < -0.4 is 10.1 Å². The van der Waals surface area contributed by atoms with Crippen molar-refractivity contribution in [1.82, 2.24) is 10.2 Å². The molecule has 1 aliphatic heterocycles. The molecule has 0 aliphatic carbocycles. The standard InChI is InChI=1S/C15H20N2O4S/c1-15(9-20-2)13(18)17(14(19)16-15)8-10-5-6-12(22-4)11(7-10)21-3/h5-7H,8-9H2,1-4H3,(H,16,19). The van der Waals surface area contributed by atoms with Crippen molar-refractivity contribution < 1.29 is 19.1 Å². The van der Waals surface area contributed by atoms with Gasteiger partial charge in [0.25, 0.3) is 5.91 Å². The average Bonchev–Trinajstić information content (AvgIpc) is 2.71. The number of hydrogen-bond acceptors (Lipinski definition) is 5. The summed E-state index contributed by atoms with van der Waals surface area (Å²) >= 11 is 1.58. The van der Waals surface area contributed by atoms with Gasteiger partial charge in [0.1, 0.15) is 11.3 Å². The smallest absolute Gasteiger partial charge is 0.325 e. The van der Waals surface area contributed by atoms with E-state index in [1.807, 2.05) is 24.5 Å². The molecule has 1 saturated heterocycles. The monoisotopic (exact) mass is 324 g/mol. The number of benzene rings is 1. The van der Waals surface area contributed by atoms with Gasteiger partial charge in [-0.25, -0.2) is 4.79 Å². The highest BCUT2D eigenvalue weighted by molar-refractivity contribution is 7.98. The molecule has 2 rings (SSSR count). The molecule has 0 spiro atoms. The van der Waals surface area contributed by atoms with E-state index in [0.29, 0.717) is 0 Å². The first kappa shape index (κ1) is 16.6. The highest BCUT2D eigenvalue weighted by Gasteiger charge is 2.47. The fourth-order valence-corrected chi connectivity index (χ4v) is 2.99. The number of nitrogens with zero attached hydrogens (tertiary/aromatic N) is 1. The minimum absolute atomic E-state index is 0.142. The van der Waals surface area contributed by atoms with Crippen LogP contribution in [0.4, 0.5) is 4.79 Å². The molecule has 1 N–H and O–H groups in total. The molecule has 1 aromatic rings. The first-order chi connectivity index (χ1) is 10.4. The Hall–Kier alpha value is -1.73. The van der Waals surface area contributed by atoms with Crippen molar-refractivity contribution in [3.63, 3.8) is 0 Å². The summed E-state index contributed by atoms with van der Waals surface area (Å²) in [5.41, 5.74) is -0.172. The number of ether oxygens (including phenoxy) is 2. The van der Waals surface area contributed by atoms with Gasteiger partial charge in [-0.3, -0.25) is 9.69 Å². The summed E-state index contributed by atoms with van der Waals surface area (Å²) in [5.74, 6) is 0.448. The summed E-state index contributed by atoms with van der Waals surface area (Å²) in [4.78, 5) is 26.7. The summed E-state index contributed by atoms with van der Waals surface area (Å²) in [5, 5.41) is 2.68. The number of nitrogens with one attached hydrogen (secondary N) is 1. The second kappa shape index (κ2) is 6.58. The minimum atomic E-state index is -1.00. The van der Waals surface area contributed by atoms with Crippen molar-refractivity contribution in [1.29, 1.82) is 0 Å². The lowest BCUT2D eigenvalue weighted by atomic mass is 10.0. The highest BCUT2D eigenvalue weighted by Crippen LogP contribution is 2.29. The van der Waals surface area contributed by atoms with Gasteiger partial charge in [-0.05, 0) is 30.9 Å². The largest absolute Gasteiger partial charge is 0.496 e. The molecule has 0 aromatic heterocycles. The normalized spacial score (nSPS) is 21.2. The molecule has 1 fully saturated rings. The van der Waals surface area contributed by atoms with Crippen LogP contribution in [0.15, 0.2) is 23.1 Å². The van der Waals surface area contributed by atoms with E-state index in [-0.39, 0.29) is 19.1 Å². The van der Waals surface area contributed by atoms with Crippen LogP contribution in [0.5, 0.6) is 5.75 Å². The first-order valence-corrected chi connectivity index (χ1v) is 8.01. The van der Waals surface area contributed by atoms with Crippen LogP contribution in [-0.4, -0.2) is 49.5 Å². The number of hydrogen-bond donors (Lipinski definition) is 1. The van der Waals surface area contributed by atoms with Crippen molar-refractivity contribution >= 4 is 23.7 Å². The second-order valence-corrected chi connectivity index (χ2v) is 6.12. The Balaban J connectivity index is 2.20. The van der Waals surface area contributed by atoms with Crippen molar-refractivity contribution in [2.24, 2.45) is 0 Å². The van der Waals surface area contributed by atoms with E-state index in [0.717, 1.165) is 16.2 Å². The van der Waals surface area contributed by atoms with Gasteiger partial charge in [-0.1, -0.05) is 6.07 Å². The number of rotatable bonds is 6. The number of amides is 3. The lowest BCUT2D eigenvalue weighted by Gasteiger charge is -2.20. The number of urea groups is 1. The molecule has 6 nitrogen and oxygen atoms in total. The van der Waals surface area contributed by atoms with Gasteiger partial charge < -0.3 is 14.8 Å². The van der Waals surface area contributed by atoms with E-state index in [9.17, 15) is 9.59 Å². The zero-order chi connectivity index (χ0) is 16.3. The molecule has 0 radical (unpaired) electrons. The fourth-order valence-electron chi connectivity index (χ4n) is 2.44. The topological polar surface area (TPSA) is 67.9 Å². The number of thioether (sulfide) groups is 1. The van der Waals surface area contributed by atoms with Crippen LogP contribution in [0.3, 0.4) is 0 Å². The molecule has 1 unspecified atom stereocenters. The lowest BCUT2D eigenvalue weighted by molar-refractivity contribution is -0.132. The van der Waals surface area contributed by atoms with E-state index in [4.69, 9.17) is 9.47 Å². The molecule has 120 valence electrons. The highest BCUT2D eigenvalue weighted by atomic mass is 32.2. The predicted molar refractivity (Wildman–Crippen MR) is 84.1 cm³/mol. The van der Waals surface area contributed by atoms with Crippen molar-refractivity contribution in [3.8, 4) is 5.75 Å². The van der Waals surface area contributed by atoms with Crippen molar-refractivity contribution in [2.75, 3.05) is 27.1 Å². The van der Waals surface area contributed by atoms with E-state index in [1.165, 1.54) is 12.0 Å². The maximum absolute atomic E-state index is 12.4. The Morgan fingerprint density at radius 2 is 2.05 bits per heavy atom. The Labute approximate surface area is 134 Å². The summed E-state index contributed by atoms with van der Waals surface area (Å²) in [6.07, 6.45) is 1.96. The summed E-state index contributed by atoms with van der Waals surface area (Å²) in [7, 11) is 3.10. The molecule has 1 aromatic carbocycles. The van der Waals surface area contributed by atoms with Gasteiger partial charge in [0, 0.05) is 12.0 Å². The lowest BCUT2D eigenvalue weighted by Crippen LogP contribution is -2.47. The molecular formula is C15H20N2O4S. The van der Waals surface area contributed by atoms with Crippen molar-refractivity contribution in [2.45, 2.75) is 23.9 Å². The third-order valence-corrected chi connectivity index (χ3v) is 4.34. The molecule has 22 heavy (non-hydrogen) atoms. The van der Waals surface area contributed by atoms with Gasteiger partial charge in [0.2, 0.25) is 0 Å². The minimum Gasteiger partial charge on any atom is -0.496 e. The predicted octanol–water partition coefficient (Wildman–Crippen LogP) is 1.87. The first-order valence-electron chi connectivity index (χ1n) is 6.79. The average molecular weight is 324 g/mol. The molecule has 0 bridgehead atoms. The van der Waals surface area contributed by atoms with Crippen LogP contribution in [-0.2, 0) is 16.1 Å². The molecule has 1 heterocycles. The fraction of sp³-hybridized carbons (Fsp3) is 0.467. The van der Waals surface area contributed by atoms with Crippen molar-refractivity contribution in [3.05, 3.63) is 23.8 Å². The van der Waals surface area contributed by atoms with Gasteiger partial charge in [-0.15, -0.1) is 11.8 Å². The molecule has 0 saturated carbocycles. The Bertz CT molecular complexity index is 593. The quantitative estimate of drug-likeness (QED) is 0.639. The van der Waals surface area contributed by atoms with Crippen LogP contribution >= 0.6 is 11.8 Å². The maximum Gasteiger partial charge on any atom is 0.325 e. The van der Waals surface area contributed by atoms with Crippen LogP contribution in [0.25, 0.3) is 0 Å². The Kier molecular flexibility index (Phi) is 4.97. The van der Waals surface area contributed by atoms with E-state index >= 15 is 0 Å². The van der Waals surface area contributed by atoms with Gasteiger partial charge in [-0.2, -0.15) is 0 Å². The summed E-state index contributed by atoms with van der Waals surface area (Å²) in [6.45, 7) is 2.01. The third-order valence-electron chi connectivity index (χ3n) is 3.57. The van der Waals surface area contributed by atoms with Crippen LogP contribution in [0, 0.1) is 0 Å². The molecular weight excluding hydrogens is 304 g/mol. The van der Waals surface area contributed by atoms with E-state index in [1.54, 1.807) is 25.8 Å². The van der Waals surface area contributed by atoms with E-state index in [2.05, 4.69) is 5.32 Å². The Morgan fingerprint density at radius 3 is 2.64 bits per heavy atom. The molecule has 7 heteroatoms. The molecule has 3 amide bonds. The van der Waals surface area contributed by atoms with Gasteiger partial charge in [0.15, 0.2) is 0 Å². The number of imide groups is 1. The maximum atomic E-state index is 12.4. The van der Waals surface area contributed by atoms with Crippen LogP contribution in [0.1, 0.15) is 12.5 Å². The zero-order valence-electron chi connectivity index (χ0n) is 13.1. The van der Waals surface area contributed by atoms with Crippen LogP contribution in [0.2, 0.25) is 0 Å². The summed E-state index contributed by atoms with van der Waals surface area (Å²) in [6, 6.07) is 5.25. The van der Waals surface area contributed by atoms with Gasteiger partial charge >= 0.3 is 6.03 Å². The SMILES string of the molecule is COCC1(C)NC(=O)N(Cc2ccc(SC)c(OC)c2)C1=O. The number of carbonyl (C=O) groups is 2. The van der Waals surface area contributed by atoms with E-state index < -0.39 is 11.6 Å². The molecule has 1 aliphatic rings. The Morgan fingerprint density at radius 1 is 1.32 bits per heavy atom. The number of methoxy groups -OCH3 is 2. The molecule has 1 atom stereocenters. The number of carbonyl (C=O) groups excluding carboxylic acids is 2. The third kappa shape index (κ3) is 3.05. The van der Waals surface area contributed by atoms with Gasteiger partial charge in [0.05, 0.1) is 20.3 Å².